The summed E-state index contributed by atoms with van der Waals surface area (Å²) >= 11 is 0. The van der Waals surface area contributed by atoms with Gasteiger partial charge in [0.2, 0.25) is 0 Å². The number of hydrogen-bond donors (Lipinski definition) is 1. The van der Waals surface area contributed by atoms with Crippen molar-refractivity contribution in [2.75, 3.05) is 31.5 Å². The smallest absolute Gasteiger partial charge is 0.291 e. The summed E-state index contributed by atoms with van der Waals surface area (Å²) in [5, 5.41) is 2.84. The molecule has 0 atom stereocenters. The summed E-state index contributed by atoms with van der Waals surface area (Å²) in [6, 6.07) is 12.4. The Hall–Kier alpha value is -3.85. The van der Waals surface area contributed by atoms with Gasteiger partial charge in [-0.3, -0.25) is 14.5 Å². The molecule has 5 rings (SSSR count). The Morgan fingerprint density at radius 2 is 1.72 bits per heavy atom. The van der Waals surface area contributed by atoms with E-state index in [1.807, 2.05) is 30.1 Å². The van der Waals surface area contributed by atoms with E-state index >= 15 is 0 Å². The molecule has 3 aromatic heterocycles. The predicted octanol–water partition coefficient (Wildman–Crippen LogP) is 2.97. The van der Waals surface area contributed by atoms with Crippen LogP contribution in [0.2, 0.25) is 0 Å². The Kier molecular flexibility index (Phi) is 5.24. The average molecular weight is 433 g/mol. The number of amides is 2. The fourth-order valence-electron chi connectivity index (χ4n) is 3.93. The van der Waals surface area contributed by atoms with Gasteiger partial charge in [0.05, 0.1) is 30.1 Å². The van der Waals surface area contributed by atoms with E-state index < -0.39 is 0 Å². The van der Waals surface area contributed by atoms with Crippen LogP contribution >= 0.6 is 0 Å². The normalized spacial score (nSPS) is 14.7. The quantitative estimate of drug-likeness (QED) is 0.520. The van der Waals surface area contributed by atoms with Crippen molar-refractivity contribution in [1.29, 1.82) is 0 Å². The van der Waals surface area contributed by atoms with Crippen LogP contribution in [0.4, 0.5) is 5.69 Å². The van der Waals surface area contributed by atoms with Gasteiger partial charge in [0, 0.05) is 38.9 Å². The standard InChI is InChI=1S/C23H23N5O4/c1-26-18-7-6-16(24-22(29)19-4-2-12-31-19)14-17(18)25-21(26)15-27-8-10-28(11-9-27)23(30)20-5-3-13-32-20/h2-7,12-14H,8-11,15H2,1H3,(H,24,29). The van der Waals surface area contributed by atoms with Gasteiger partial charge in [0.25, 0.3) is 11.8 Å². The lowest BCUT2D eigenvalue weighted by Gasteiger charge is -2.34. The molecule has 1 fully saturated rings. The number of carbonyl (C=O) groups is 2. The molecule has 1 aliphatic rings. The molecule has 0 aliphatic carbocycles. The summed E-state index contributed by atoms with van der Waals surface area (Å²) in [5.74, 6) is 1.20. The lowest BCUT2D eigenvalue weighted by Crippen LogP contribution is -2.48. The lowest BCUT2D eigenvalue weighted by molar-refractivity contribution is 0.0594. The van der Waals surface area contributed by atoms with Crippen LogP contribution in [-0.2, 0) is 13.6 Å². The number of nitrogens with zero attached hydrogens (tertiary/aromatic N) is 4. The first kappa shape index (κ1) is 20.1. The molecule has 0 radical (unpaired) electrons. The SMILES string of the molecule is Cn1c(CN2CCN(C(=O)c3ccco3)CC2)nc2cc(NC(=O)c3ccco3)ccc21. The summed E-state index contributed by atoms with van der Waals surface area (Å²) in [7, 11) is 1.99. The van der Waals surface area contributed by atoms with Crippen molar-refractivity contribution in [1.82, 2.24) is 19.4 Å². The topological polar surface area (TPSA) is 96.8 Å². The first-order valence-electron chi connectivity index (χ1n) is 10.4. The number of hydrogen-bond acceptors (Lipinski definition) is 6. The van der Waals surface area contributed by atoms with Crippen molar-refractivity contribution in [3.63, 3.8) is 0 Å². The number of furan rings is 2. The molecule has 1 aromatic carbocycles. The van der Waals surface area contributed by atoms with Crippen molar-refractivity contribution in [2.24, 2.45) is 7.05 Å². The molecule has 9 heteroatoms. The van der Waals surface area contributed by atoms with E-state index in [2.05, 4.69) is 14.8 Å². The monoisotopic (exact) mass is 433 g/mol. The zero-order valence-corrected chi connectivity index (χ0v) is 17.7. The van der Waals surface area contributed by atoms with Crippen LogP contribution in [0.25, 0.3) is 11.0 Å². The van der Waals surface area contributed by atoms with E-state index in [-0.39, 0.29) is 17.6 Å². The van der Waals surface area contributed by atoms with Crippen molar-refractivity contribution in [2.45, 2.75) is 6.54 Å². The molecule has 4 aromatic rings. The number of fused-ring (bicyclic) bond motifs is 1. The molecule has 4 heterocycles. The molecule has 32 heavy (non-hydrogen) atoms. The second-order valence-corrected chi connectivity index (χ2v) is 7.77. The zero-order chi connectivity index (χ0) is 22.1. The number of rotatable bonds is 5. The van der Waals surface area contributed by atoms with Gasteiger partial charge in [-0.2, -0.15) is 0 Å². The van der Waals surface area contributed by atoms with Gasteiger partial charge < -0.3 is 23.6 Å². The third-order valence-electron chi connectivity index (χ3n) is 5.73. The predicted molar refractivity (Wildman–Crippen MR) is 117 cm³/mol. The van der Waals surface area contributed by atoms with Crippen molar-refractivity contribution >= 4 is 28.5 Å². The third kappa shape index (κ3) is 3.90. The van der Waals surface area contributed by atoms with Gasteiger partial charge in [-0.1, -0.05) is 0 Å². The van der Waals surface area contributed by atoms with E-state index in [1.165, 1.54) is 12.5 Å². The number of imidazole rings is 1. The highest BCUT2D eigenvalue weighted by atomic mass is 16.3. The van der Waals surface area contributed by atoms with E-state index in [4.69, 9.17) is 13.8 Å². The van der Waals surface area contributed by atoms with Gasteiger partial charge in [-0.05, 0) is 42.5 Å². The van der Waals surface area contributed by atoms with Crippen LogP contribution in [0.3, 0.4) is 0 Å². The van der Waals surface area contributed by atoms with Crippen molar-refractivity contribution in [3.05, 3.63) is 72.3 Å². The minimum atomic E-state index is -0.299. The van der Waals surface area contributed by atoms with Gasteiger partial charge in [0.1, 0.15) is 5.82 Å². The molecule has 9 nitrogen and oxygen atoms in total. The number of nitrogens with one attached hydrogen (secondary N) is 1. The Labute approximate surface area is 184 Å². The van der Waals surface area contributed by atoms with Gasteiger partial charge in [-0.15, -0.1) is 0 Å². The highest BCUT2D eigenvalue weighted by molar-refractivity contribution is 6.03. The fraction of sp³-hybridized carbons (Fsp3) is 0.261. The summed E-state index contributed by atoms with van der Waals surface area (Å²) < 4.78 is 12.4. The third-order valence-corrected chi connectivity index (χ3v) is 5.73. The van der Waals surface area contributed by atoms with Crippen LogP contribution in [0.1, 0.15) is 26.9 Å². The van der Waals surface area contributed by atoms with Crippen LogP contribution < -0.4 is 5.32 Å². The number of benzene rings is 1. The van der Waals surface area contributed by atoms with E-state index in [1.54, 1.807) is 24.3 Å². The zero-order valence-electron chi connectivity index (χ0n) is 17.7. The Bertz CT molecular complexity index is 1240. The van der Waals surface area contributed by atoms with Gasteiger partial charge >= 0.3 is 0 Å². The molecule has 0 bridgehead atoms. The van der Waals surface area contributed by atoms with E-state index in [0.717, 1.165) is 29.9 Å². The maximum absolute atomic E-state index is 12.4. The van der Waals surface area contributed by atoms with Crippen LogP contribution in [-0.4, -0.2) is 57.3 Å². The second-order valence-electron chi connectivity index (χ2n) is 7.77. The molecule has 0 spiro atoms. The fourth-order valence-corrected chi connectivity index (χ4v) is 3.93. The van der Waals surface area contributed by atoms with Crippen molar-refractivity contribution in [3.8, 4) is 0 Å². The number of carbonyl (C=O) groups excluding carboxylic acids is 2. The maximum Gasteiger partial charge on any atom is 0.291 e. The largest absolute Gasteiger partial charge is 0.459 e. The number of piperazine rings is 1. The van der Waals surface area contributed by atoms with E-state index in [9.17, 15) is 9.59 Å². The lowest BCUT2D eigenvalue weighted by atomic mass is 10.2. The summed E-state index contributed by atoms with van der Waals surface area (Å²) in [5.41, 5.74) is 2.46. The van der Waals surface area contributed by atoms with Gasteiger partial charge in [-0.25, -0.2) is 4.98 Å². The molecular formula is C23H23N5O4. The van der Waals surface area contributed by atoms with Gasteiger partial charge in [0.15, 0.2) is 11.5 Å². The Balaban J connectivity index is 1.24. The number of aryl methyl sites for hydroxylation is 1. The Morgan fingerprint density at radius 3 is 2.41 bits per heavy atom. The molecule has 1 saturated heterocycles. The number of anilines is 1. The first-order chi connectivity index (χ1) is 15.6. The molecule has 1 aliphatic heterocycles. The molecule has 164 valence electrons. The minimum Gasteiger partial charge on any atom is -0.459 e. The van der Waals surface area contributed by atoms with Crippen LogP contribution in [0, 0.1) is 0 Å². The molecule has 1 N–H and O–H groups in total. The highest BCUT2D eigenvalue weighted by Crippen LogP contribution is 2.21. The summed E-state index contributed by atoms with van der Waals surface area (Å²) in [6.07, 6.45) is 2.99. The Morgan fingerprint density at radius 1 is 1.00 bits per heavy atom. The maximum atomic E-state index is 12.4. The van der Waals surface area contributed by atoms with Crippen molar-refractivity contribution < 1.29 is 18.4 Å². The molecular weight excluding hydrogens is 410 g/mol. The summed E-state index contributed by atoms with van der Waals surface area (Å²) in [4.78, 5) is 33.6. The summed E-state index contributed by atoms with van der Waals surface area (Å²) in [6.45, 7) is 3.50. The van der Waals surface area contributed by atoms with Crippen LogP contribution in [0.5, 0.6) is 0 Å². The first-order valence-corrected chi connectivity index (χ1v) is 10.4. The molecule has 0 unspecified atom stereocenters. The second kappa shape index (κ2) is 8.35. The molecule has 0 saturated carbocycles. The van der Waals surface area contributed by atoms with Crippen LogP contribution in [0.15, 0.2) is 63.8 Å². The van der Waals surface area contributed by atoms with E-state index in [0.29, 0.717) is 31.1 Å². The average Bonchev–Trinajstić information content (AvgIpc) is 3.57. The highest BCUT2D eigenvalue weighted by Gasteiger charge is 2.24. The number of aromatic nitrogens is 2. The minimum absolute atomic E-state index is 0.0681. The molecule has 2 amide bonds.